The molecule has 1 aromatic carbocycles. The molecule has 1 aromatic heterocycles. The number of carbonyl (C=O) groups is 1. The number of aromatic nitrogens is 1. The molecule has 114 valence electrons. The fourth-order valence-corrected chi connectivity index (χ4v) is 3.07. The van der Waals surface area contributed by atoms with Gasteiger partial charge in [-0.25, -0.2) is 0 Å². The Balaban J connectivity index is 1.62. The number of hydrogen-bond donors (Lipinski definition) is 0. The van der Waals surface area contributed by atoms with E-state index in [9.17, 15) is 4.79 Å². The number of fused-ring (bicyclic) bond motifs is 1. The highest BCUT2D eigenvalue weighted by atomic mass is 16.2. The predicted molar refractivity (Wildman–Crippen MR) is 91.5 cm³/mol. The molecule has 2 aliphatic heterocycles. The summed E-state index contributed by atoms with van der Waals surface area (Å²) >= 11 is 0. The Hall–Kier alpha value is -2.75. The van der Waals surface area contributed by atoms with Gasteiger partial charge in [-0.05, 0) is 48.4 Å². The third kappa shape index (κ3) is 2.68. The van der Waals surface area contributed by atoms with Crippen LogP contribution in [-0.2, 0) is 11.3 Å². The molecular weight excluding hydrogens is 286 g/mol. The van der Waals surface area contributed by atoms with Crippen LogP contribution in [0, 0.1) is 0 Å². The van der Waals surface area contributed by atoms with Crippen molar-refractivity contribution in [2.24, 2.45) is 4.99 Å². The summed E-state index contributed by atoms with van der Waals surface area (Å²) in [6.45, 7) is 1.51. The highest BCUT2D eigenvalue weighted by Gasteiger charge is 2.23. The first-order valence-electron chi connectivity index (χ1n) is 7.88. The van der Waals surface area contributed by atoms with E-state index in [0.717, 1.165) is 35.6 Å². The molecule has 1 saturated heterocycles. The van der Waals surface area contributed by atoms with Gasteiger partial charge in [0.05, 0.1) is 18.0 Å². The number of benzene rings is 1. The van der Waals surface area contributed by atoms with Crippen molar-refractivity contribution in [3.8, 4) is 0 Å². The molecule has 1 fully saturated rings. The van der Waals surface area contributed by atoms with Crippen LogP contribution in [0.1, 0.15) is 29.7 Å². The van der Waals surface area contributed by atoms with E-state index < -0.39 is 0 Å². The second-order valence-electron chi connectivity index (χ2n) is 5.78. The van der Waals surface area contributed by atoms with E-state index in [1.807, 2.05) is 41.3 Å². The number of amides is 1. The number of pyridine rings is 1. The topological polar surface area (TPSA) is 45.6 Å². The zero-order valence-electron chi connectivity index (χ0n) is 12.8. The molecule has 0 N–H and O–H groups in total. The Morgan fingerprint density at radius 3 is 2.87 bits per heavy atom. The molecule has 3 heterocycles. The predicted octanol–water partition coefficient (Wildman–Crippen LogP) is 3.22. The van der Waals surface area contributed by atoms with Gasteiger partial charge < -0.3 is 4.90 Å². The van der Waals surface area contributed by atoms with Gasteiger partial charge >= 0.3 is 0 Å². The zero-order chi connectivity index (χ0) is 15.6. The minimum absolute atomic E-state index is 0.213. The largest absolute Gasteiger partial charge is 0.312 e. The minimum atomic E-state index is 0.213. The molecule has 2 aliphatic rings. The van der Waals surface area contributed by atoms with Gasteiger partial charge in [0.25, 0.3) is 0 Å². The van der Waals surface area contributed by atoms with Gasteiger partial charge in [-0.3, -0.25) is 14.8 Å². The third-order valence-electron chi connectivity index (χ3n) is 4.27. The number of nitrogens with zero attached hydrogens (tertiary/aromatic N) is 3. The third-order valence-corrected chi connectivity index (χ3v) is 4.27. The molecule has 4 heteroatoms. The van der Waals surface area contributed by atoms with Gasteiger partial charge in [-0.2, -0.15) is 0 Å². The summed E-state index contributed by atoms with van der Waals surface area (Å²) in [5.41, 5.74) is 5.18. The van der Waals surface area contributed by atoms with Crippen molar-refractivity contribution in [2.75, 3.05) is 11.4 Å². The number of rotatable bonds is 3. The van der Waals surface area contributed by atoms with E-state index in [4.69, 9.17) is 0 Å². The number of hydrogen-bond acceptors (Lipinski definition) is 3. The first kappa shape index (κ1) is 13.9. The van der Waals surface area contributed by atoms with Crippen LogP contribution in [0.5, 0.6) is 0 Å². The van der Waals surface area contributed by atoms with Crippen LogP contribution in [0.2, 0.25) is 0 Å². The lowest BCUT2D eigenvalue weighted by atomic mass is 10.0. The summed E-state index contributed by atoms with van der Waals surface area (Å²) in [5.74, 6) is 0.213. The van der Waals surface area contributed by atoms with Crippen molar-refractivity contribution < 1.29 is 4.79 Å². The fourth-order valence-electron chi connectivity index (χ4n) is 3.07. The quantitative estimate of drug-likeness (QED) is 0.874. The average molecular weight is 303 g/mol. The summed E-state index contributed by atoms with van der Waals surface area (Å²) in [5, 5.41) is 0. The van der Waals surface area contributed by atoms with E-state index in [1.165, 1.54) is 5.56 Å². The summed E-state index contributed by atoms with van der Waals surface area (Å²) in [4.78, 5) is 22.7. The number of allylic oxidation sites excluding steroid dienone is 1. The van der Waals surface area contributed by atoms with Crippen molar-refractivity contribution in [1.29, 1.82) is 0 Å². The van der Waals surface area contributed by atoms with Gasteiger partial charge in [-0.1, -0.05) is 12.1 Å². The first-order valence-corrected chi connectivity index (χ1v) is 7.88. The normalized spacial score (nSPS) is 17.0. The maximum Gasteiger partial charge on any atom is 0.227 e. The Labute approximate surface area is 135 Å². The lowest BCUT2D eigenvalue weighted by Crippen LogP contribution is -2.23. The molecule has 0 unspecified atom stereocenters. The maximum atomic E-state index is 11.9. The highest BCUT2D eigenvalue weighted by molar-refractivity contribution is 6.13. The van der Waals surface area contributed by atoms with Crippen LogP contribution in [0.15, 0.2) is 53.7 Å². The van der Waals surface area contributed by atoms with Gasteiger partial charge in [0.2, 0.25) is 5.91 Å². The van der Waals surface area contributed by atoms with Crippen LogP contribution in [0.4, 0.5) is 5.69 Å². The molecule has 0 saturated carbocycles. The highest BCUT2D eigenvalue weighted by Crippen LogP contribution is 2.28. The molecule has 23 heavy (non-hydrogen) atoms. The average Bonchev–Trinajstić information content (AvgIpc) is 3.19. The smallest absolute Gasteiger partial charge is 0.227 e. The summed E-state index contributed by atoms with van der Waals surface area (Å²) in [6.07, 6.45) is 7.35. The maximum absolute atomic E-state index is 11.9. The van der Waals surface area contributed by atoms with Crippen molar-refractivity contribution in [3.63, 3.8) is 0 Å². The molecule has 0 aliphatic carbocycles. The molecule has 1 amide bonds. The minimum Gasteiger partial charge on any atom is -0.312 e. The van der Waals surface area contributed by atoms with Gasteiger partial charge in [-0.15, -0.1) is 0 Å². The summed E-state index contributed by atoms with van der Waals surface area (Å²) in [7, 11) is 0. The van der Waals surface area contributed by atoms with E-state index >= 15 is 0 Å². The fraction of sp³-hybridized carbons (Fsp3) is 0.211. The molecule has 4 rings (SSSR count). The standard InChI is InChI=1S/C19H17N3O/c23-19-5-3-11-22(19)16-8-6-14-13-21-18(17(14)12-16)9-7-15-4-1-2-10-20-15/h1-2,4,6-10,12H,3,5,11,13H2/b9-7+. The van der Waals surface area contributed by atoms with Crippen molar-refractivity contribution in [1.82, 2.24) is 4.98 Å². The van der Waals surface area contributed by atoms with Crippen molar-refractivity contribution >= 4 is 23.4 Å². The molecular formula is C19H17N3O. The summed E-state index contributed by atoms with van der Waals surface area (Å²) in [6, 6.07) is 12.0. The van der Waals surface area contributed by atoms with E-state index in [0.29, 0.717) is 13.0 Å². The monoisotopic (exact) mass is 303 g/mol. The van der Waals surface area contributed by atoms with Crippen molar-refractivity contribution in [2.45, 2.75) is 19.4 Å². The van der Waals surface area contributed by atoms with Gasteiger partial charge in [0.1, 0.15) is 0 Å². The van der Waals surface area contributed by atoms with Gasteiger partial charge in [0, 0.05) is 30.4 Å². The molecule has 0 radical (unpaired) electrons. The lowest BCUT2D eigenvalue weighted by molar-refractivity contribution is -0.117. The molecule has 0 bridgehead atoms. The second kappa shape index (κ2) is 5.80. The van der Waals surface area contributed by atoms with E-state index in [1.54, 1.807) is 6.20 Å². The number of aliphatic imine (C=N–C) groups is 1. The molecule has 2 aromatic rings. The number of carbonyl (C=O) groups excluding carboxylic acids is 1. The zero-order valence-corrected chi connectivity index (χ0v) is 12.8. The SMILES string of the molecule is O=C1CCCN1c1ccc2c(c1)C(/C=C/c1ccccn1)=NC2. The Morgan fingerprint density at radius 1 is 1.13 bits per heavy atom. The second-order valence-corrected chi connectivity index (χ2v) is 5.78. The van der Waals surface area contributed by atoms with Crippen LogP contribution in [0.3, 0.4) is 0 Å². The molecule has 0 spiro atoms. The molecule has 4 nitrogen and oxygen atoms in total. The van der Waals surface area contributed by atoms with Gasteiger partial charge in [0.15, 0.2) is 0 Å². The van der Waals surface area contributed by atoms with E-state index in [2.05, 4.69) is 22.1 Å². The number of anilines is 1. The van der Waals surface area contributed by atoms with Crippen LogP contribution in [-0.4, -0.2) is 23.1 Å². The molecule has 0 atom stereocenters. The van der Waals surface area contributed by atoms with Crippen LogP contribution < -0.4 is 4.90 Å². The summed E-state index contributed by atoms with van der Waals surface area (Å²) < 4.78 is 0. The first-order chi connectivity index (χ1) is 11.3. The Morgan fingerprint density at radius 2 is 2.09 bits per heavy atom. The van der Waals surface area contributed by atoms with Crippen LogP contribution in [0.25, 0.3) is 6.08 Å². The Bertz CT molecular complexity index is 809. The lowest BCUT2D eigenvalue weighted by Gasteiger charge is -2.16. The van der Waals surface area contributed by atoms with Crippen LogP contribution >= 0.6 is 0 Å². The van der Waals surface area contributed by atoms with E-state index in [-0.39, 0.29) is 5.91 Å². The Kier molecular flexibility index (Phi) is 3.50. The van der Waals surface area contributed by atoms with Crippen molar-refractivity contribution in [3.05, 3.63) is 65.5 Å².